The van der Waals surface area contributed by atoms with E-state index in [2.05, 4.69) is 11.5 Å². The van der Waals surface area contributed by atoms with Gasteiger partial charge in [0.05, 0.1) is 37.9 Å². The Morgan fingerprint density at radius 2 is 1.80 bits per heavy atom. The van der Waals surface area contributed by atoms with Gasteiger partial charge in [0.15, 0.2) is 17.5 Å². The van der Waals surface area contributed by atoms with Gasteiger partial charge >= 0.3 is 12.1 Å². The van der Waals surface area contributed by atoms with Crippen molar-refractivity contribution >= 4 is 17.9 Å². The third-order valence-corrected chi connectivity index (χ3v) is 10.2. The van der Waals surface area contributed by atoms with E-state index in [1.165, 1.54) is 13.0 Å². The molecule has 0 bridgehead atoms. The van der Waals surface area contributed by atoms with Gasteiger partial charge in [0.2, 0.25) is 0 Å². The van der Waals surface area contributed by atoms with Crippen molar-refractivity contribution in [2.45, 2.75) is 102 Å². The highest BCUT2D eigenvalue weighted by Gasteiger charge is 2.82. The second-order valence-corrected chi connectivity index (χ2v) is 13.2. The van der Waals surface area contributed by atoms with Crippen molar-refractivity contribution < 1.29 is 48.3 Å². The lowest BCUT2D eigenvalue weighted by Gasteiger charge is -2.71. The first-order chi connectivity index (χ1) is 19.1. The first-order valence-electron chi connectivity index (χ1n) is 14.7. The zero-order valence-electron chi connectivity index (χ0n) is 25.3. The summed E-state index contributed by atoms with van der Waals surface area (Å²) in [6, 6.07) is 0. The number of fused-ring (bicyclic) bond motifs is 3. The van der Waals surface area contributed by atoms with Crippen molar-refractivity contribution in [2.75, 3.05) is 39.5 Å². The molecule has 11 heteroatoms. The smallest absolute Gasteiger partial charge is 0.458 e. The SMILES string of the molecule is C=C[C@@]1(C)CC(=O)[C@]2(O)[C@@]3(C)[C@@H](O)CCC(C)(C)[C@@H]3[C@H](OC(=O)CCN3CCOCC3)[C@H](OC(=O)OCC)[C@@]2(C)O1. The molecule has 0 aromatic heterocycles. The third-order valence-electron chi connectivity index (χ3n) is 10.2. The van der Waals surface area contributed by atoms with Crippen LogP contribution in [-0.4, -0.2) is 108 Å². The number of esters is 1. The highest BCUT2D eigenvalue weighted by atomic mass is 16.7. The molecule has 11 nitrogen and oxygen atoms in total. The Morgan fingerprint density at radius 1 is 1.15 bits per heavy atom. The van der Waals surface area contributed by atoms with E-state index in [1.54, 1.807) is 20.8 Å². The summed E-state index contributed by atoms with van der Waals surface area (Å²) in [5, 5.41) is 24.3. The molecule has 0 radical (unpaired) electrons. The van der Waals surface area contributed by atoms with Crippen molar-refractivity contribution in [2.24, 2.45) is 16.7 Å². The van der Waals surface area contributed by atoms with Gasteiger partial charge in [-0.2, -0.15) is 0 Å². The standard InChI is InChI=1S/C30H47NO10/c1-8-27(5)18-20(33)30(36)28(6)19(32)10-12-26(3,4)23(28)22(24(29(30,7)41-27)40-25(35)38-9-2)39-21(34)11-13-31-14-16-37-17-15-31/h8,19,22-24,32,36H,1,9-18H2,2-7H3/t19-,22-,23-,24-,27-,28-,29+,30-/m0/s1. The summed E-state index contributed by atoms with van der Waals surface area (Å²) >= 11 is 0. The second kappa shape index (κ2) is 11.2. The summed E-state index contributed by atoms with van der Waals surface area (Å²) in [6.45, 7) is 17.2. The van der Waals surface area contributed by atoms with Gasteiger partial charge in [0, 0.05) is 37.4 Å². The van der Waals surface area contributed by atoms with Gasteiger partial charge in [-0.1, -0.05) is 26.8 Å². The molecular formula is C30H47NO10. The molecule has 0 aromatic carbocycles. The number of morpholine rings is 1. The normalized spacial score (nSPS) is 42.4. The number of ether oxygens (including phenoxy) is 5. The Labute approximate surface area is 242 Å². The van der Waals surface area contributed by atoms with Gasteiger partial charge in [0.1, 0.15) is 11.7 Å². The van der Waals surface area contributed by atoms with Gasteiger partial charge < -0.3 is 33.9 Å². The number of hydrogen-bond acceptors (Lipinski definition) is 11. The lowest BCUT2D eigenvalue weighted by atomic mass is 9.39. The predicted octanol–water partition coefficient (Wildman–Crippen LogP) is 2.40. The number of aliphatic hydroxyl groups excluding tert-OH is 1. The number of ketones is 1. The van der Waals surface area contributed by atoms with Gasteiger partial charge in [0.25, 0.3) is 0 Å². The first kappa shape index (κ1) is 31.9. The molecule has 4 rings (SSSR count). The number of Topliss-reactive ketones (excluding diaryl/α,β-unsaturated/α-hetero) is 1. The predicted molar refractivity (Wildman–Crippen MR) is 147 cm³/mol. The van der Waals surface area contributed by atoms with Gasteiger partial charge in [-0.15, -0.1) is 6.58 Å². The molecule has 41 heavy (non-hydrogen) atoms. The fourth-order valence-electron chi connectivity index (χ4n) is 8.10. The molecule has 2 saturated heterocycles. The molecule has 0 unspecified atom stereocenters. The third kappa shape index (κ3) is 5.11. The van der Waals surface area contributed by atoms with Crippen molar-refractivity contribution in [1.29, 1.82) is 0 Å². The number of rotatable bonds is 7. The average molecular weight is 582 g/mol. The van der Waals surface area contributed by atoms with Crippen molar-refractivity contribution in [3.8, 4) is 0 Å². The van der Waals surface area contributed by atoms with Crippen LogP contribution >= 0.6 is 0 Å². The minimum atomic E-state index is -2.31. The van der Waals surface area contributed by atoms with Gasteiger partial charge in [-0.3, -0.25) is 14.5 Å². The van der Waals surface area contributed by atoms with Crippen LogP contribution in [0, 0.1) is 16.7 Å². The maximum absolute atomic E-state index is 14.1. The molecular weight excluding hydrogens is 534 g/mol. The zero-order chi connectivity index (χ0) is 30.4. The first-order valence-corrected chi connectivity index (χ1v) is 14.7. The van der Waals surface area contributed by atoms with E-state index in [9.17, 15) is 24.6 Å². The Hall–Kier alpha value is -2.05. The minimum Gasteiger partial charge on any atom is -0.458 e. The quantitative estimate of drug-likeness (QED) is 0.338. The van der Waals surface area contributed by atoms with E-state index >= 15 is 0 Å². The molecule has 2 aliphatic carbocycles. The van der Waals surface area contributed by atoms with Crippen LogP contribution in [0.1, 0.15) is 67.2 Å². The van der Waals surface area contributed by atoms with E-state index in [0.29, 0.717) is 45.7 Å². The Bertz CT molecular complexity index is 1040. The van der Waals surface area contributed by atoms with Crippen molar-refractivity contribution in [3.05, 3.63) is 12.7 Å². The molecule has 232 valence electrons. The highest BCUT2D eigenvalue weighted by Crippen LogP contribution is 2.67. The topological polar surface area (TPSA) is 141 Å². The monoisotopic (exact) mass is 581 g/mol. The molecule has 2 heterocycles. The minimum absolute atomic E-state index is 0.0199. The summed E-state index contributed by atoms with van der Waals surface area (Å²) in [5.74, 6) is -1.88. The van der Waals surface area contributed by atoms with Crippen LogP contribution in [0.5, 0.6) is 0 Å². The van der Waals surface area contributed by atoms with E-state index in [-0.39, 0.29) is 19.4 Å². The summed E-state index contributed by atoms with van der Waals surface area (Å²) in [5.41, 5.74) is -7.63. The van der Waals surface area contributed by atoms with Gasteiger partial charge in [-0.05, 0) is 39.0 Å². The second-order valence-electron chi connectivity index (χ2n) is 13.2. The summed E-state index contributed by atoms with van der Waals surface area (Å²) in [6.07, 6.45) is -2.62. The van der Waals surface area contributed by atoms with Crippen LogP contribution < -0.4 is 0 Å². The molecule has 0 amide bonds. The fraction of sp³-hybridized carbons (Fsp3) is 0.833. The van der Waals surface area contributed by atoms with E-state index in [4.69, 9.17) is 23.7 Å². The van der Waals surface area contributed by atoms with Crippen LogP contribution in [-0.2, 0) is 33.3 Å². The molecule has 0 spiro atoms. The maximum atomic E-state index is 14.1. The van der Waals surface area contributed by atoms with Crippen LogP contribution in [0.25, 0.3) is 0 Å². The van der Waals surface area contributed by atoms with Gasteiger partial charge in [-0.25, -0.2) is 4.79 Å². The zero-order valence-corrected chi connectivity index (χ0v) is 25.3. The number of aliphatic hydroxyl groups is 2. The molecule has 8 atom stereocenters. The lowest BCUT2D eigenvalue weighted by molar-refractivity contribution is -0.370. The van der Waals surface area contributed by atoms with Crippen LogP contribution in [0.3, 0.4) is 0 Å². The number of carbonyl (C=O) groups is 3. The Kier molecular flexibility index (Phi) is 8.72. The number of hydrogen-bond donors (Lipinski definition) is 2. The molecule has 2 aliphatic heterocycles. The molecule has 0 aromatic rings. The average Bonchev–Trinajstić information content (AvgIpc) is 2.91. The van der Waals surface area contributed by atoms with E-state index < -0.39 is 69.8 Å². The Morgan fingerprint density at radius 3 is 2.41 bits per heavy atom. The summed E-state index contributed by atoms with van der Waals surface area (Å²) in [7, 11) is 0. The Balaban J connectivity index is 1.84. The summed E-state index contributed by atoms with van der Waals surface area (Å²) in [4.78, 5) is 42.6. The number of nitrogens with zero attached hydrogens (tertiary/aromatic N) is 1. The summed E-state index contributed by atoms with van der Waals surface area (Å²) < 4.78 is 29.1. The van der Waals surface area contributed by atoms with Crippen LogP contribution in [0.15, 0.2) is 12.7 Å². The lowest BCUT2D eigenvalue weighted by Crippen LogP contribution is -2.87. The fourth-order valence-corrected chi connectivity index (χ4v) is 8.10. The van der Waals surface area contributed by atoms with E-state index in [0.717, 1.165) is 0 Å². The number of carbonyl (C=O) groups excluding carboxylic acids is 3. The van der Waals surface area contributed by atoms with Crippen LogP contribution in [0.4, 0.5) is 4.79 Å². The molecule has 4 fully saturated rings. The maximum Gasteiger partial charge on any atom is 0.508 e. The largest absolute Gasteiger partial charge is 0.508 e. The molecule has 4 aliphatic rings. The highest BCUT2D eigenvalue weighted by molar-refractivity contribution is 5.92. The van der Waals surface area contributed by atoms with Crippen LogP contribution in [0.2, 0.25) is 0 Å². The van der Waals surface area contributed by atoms with Crippen molar-refractivity contribution in [1.82, 2.24) is 4.90 Å². The molecule has 2 N–H and O–H groups in total. The van der Waals surface area contributed by atoms with Crippen molar-refractivity contribution in [3.63, 3.8) is 0 Å². The van der Waals surface area contributed by atoms with E-state index in [1.807, 2.05) is 13.8 Å². The molecule has 2 saturated carbocycles.